The largest absolute Gasteiger partial charge is 0.505 e. The molecule has 0 aliphatic carbocycles. The van der Waals surface area contributed by atoms with Crippen molar-refractivity contribution in [2.45, 2.75) is 16.3 Å². The molecule has 0 saturated heterocycles. The quantitative estimate of drug-likeness (QED) is 0.385. The van der Waals surface area contributed by atoms with E-state index in [1.807, 2.05) is 0 Å². The minimum Gasteiger partial charge on any atom is -0.505 e. The molecule has 2 aromatic heterocycles. The molecule has 4 rings (SSSR count). The minimum absolute atomic E-state index is 0.0373. The number of halogens is 1. The Labute approximate surface area is 168 Å². The lowest BCUT2D eigenvalue weighted by Gasteiger charge is -2.12. The van der Waals surface area contributed by atoms with Gasteiger partial charge in [-0.3, -0.25) is 4.79 Å². The van der Waals surface area contributed by atoms with E-state index >= 15 is 0 Å². The smallest absolute Gasteiger partial charge is 0.354 e. The summed E-state index contributed by atoms with van der Waals surface area (Å²) in [5.74, 6) is -0.398. The Morgan fingerprint density at radius 3 is 2.71 bits per heavy atom. The Bertz CT molecular complexity index is 1360. The summed E-state index contributed by atoms with van der Waals surface area (Å²) >= 11 is 6.99. The first-order valence-electron chi connectivity index (χ1n) is 8.37. The average molecular weight is 412 g/mol. The van der Waals surface area contributed by atoms with E-state index in [-0.39, 0.29) is 22.4 Å². The number of aromatic nitrogens is 1. The van der Waals surface area contributed by atoms with E-state index in [1.54, 1.807) is 54.6 Å². The topological polar surface area (TPSA) is 72.4 Å². The Hall–Kier alpha value is -2.96. The van der Waals surface area contributed by atoms with Gasteiger partial charge in [0.15, 0.2) is 11.3 Å². The lowest BCUT2D eigenvalue weighted by atomic mass is 10.1. The molecule has 0 unspecified atom stereocenters. The van der Waals surface area contributed by atoms with E-state index < -0.39 is 16.9 Å². The first-order chi connectivity index (χ1) is 13.5. The first kappa shape index (κ1) is 18.4. The van der Waals surface area contributed by atoms with Gasteiger partial charge >= 0.3 is 5.63 Å². The summed E-state index contributed by atoms with van der Waals surface area (Å²) in [6, 6.07) is 13.9. The molecule has 28 heavy (non-hydrogen) atoms. The molecule has 0 spiro atoms. The highest BCUT2D eigenvalue weighted by atomic mass is 35.5. The van der Waals surface area contributed by atoms with Crippen LogP contribution in [0.3, 0.4) is 0 Å². The van der Waals surface area contributed by atoms with Gasteiger partial charge in [0.05, 0.1) is 5.52 Å². The van der Waals surface area contributed by atoms with E-state index in [0.717, 1.165) is 11.8 Å². The predicted molar refractivity (Wildman–Crippen MR) is 112 cm³/mol. The normalized spacial score (nSPS) is 11.2. The number of fused-ring (bicyclic) bond motifs is 3. The van der Waals surface area contributed by atoms with E-state index in [2.05, 4.69) is 6.58 Å². The number of rotatable bonds is 4. The van der Waals surface area contributed by atoms with Crippen molar-refractivity contribution in [1.29, 1.82) is 0 Å². The fraction of sp³-hybridized carbons (Fsp3) is 0.0476. The van der Waals surface area contributed by atoms with Crippen molar-refractivity contribution in [3.8, 4) is 5.75 Å². The summed E-state index contributed by atoms with van der Waals surface area (Å²) in [5, 5.41) is 11.9. The van der Waals surface area contributed by atoms with Crippen LogP contribution in [-0.4, -0.2) is 9.67 Å². The summed E-state index contributed by atoms with van der Waals surface area (Å²) in [5.41, 5.74) is -0.514. The third-order valence-corrected chi connectivity index (χ3v) is 5.57. The second-order valence-corrected chi connectivity index (χ2v) is 7.57. The van der Waals surface area contributed by atoms with Crippen LogP contribution in [0.5, 0.6) is 5.75 Å². The van der Waals surface area contributed by atoms with Crippen molar-refractivity contribution in [2.24, 2.45) is 0 Å². The maximum Gasteiger partial charge on any atom is 0.354 e. The fourth-order valence-corrected chi connectivity index (χ4v) is 4.24. The molecule has 0 aliphatic heterocycles. The average Bonchev–Trinajstić information content (AvgIpc) is 2.68. The van der Waals surface area contributed by atoms with Gasteiger partial charge < -0.3 is 14.1 Å². The maximum absolute atomic E-state index is 13.1. The van der Waals surface area contributed by atoms with Crippen molar-refractivity contribution < 1.29 is 9.52 Å². The molecule has 0 aliphatic rings. The molecule has 0 bridgehead atoms. The maximum atomic E-state index is 13.1. The molecule has 0 atom stereocenters. The molecule has 140 valence electrons. The van der Waals surface area contributed by atoms with Crippen molar-refractivity contribution in [2.75, 3.05) is 0 Å². The molecule has 2 aromatic carbocycles. The van der Waals surface area contributed by atoms with Crippen LogP contribution in [0.2, 0.25) is 5.02 Å². The molecule has 0 fully saturated rings. The summed E-state index contributed by atoms with van der Waals surface area (Å²) in [4.78, 5) is 26.3. The molecule has 7 heteroatoms. The first-order valence-corrected chi connectivity index (χ1v) is 9.56. The highest BCUT2D eigenvalue weighted by molar-refractivity contribution is 7.99. The highest BCUT2D eigenvalue weighted by Gasteiger charge is 2.21. The van der Waals surface area contributed by atoms with Gasteiger partial charge in [0.1, 0.15) is 10.3 Å². The van der Waals surface area contributed by atoms with Gasteiger partial charge in [-0.1, -0.05) is 47.6 Å². The van der Waals surface area contributed by atoms with E-state index in [9.17, 15) is 14.7 Å². The second-order valence-electron chi connectivity index (χ2n) is 6.05. The van der Waals surface area contributed by atoms with Gasteiger partial charge in [-0.05, 0) is 30.3 Å². The van der Waals surface area contributed by atoms with Crippen molar-refractivity contribution >= 4 is 45.2 Å². The Kier molecular flexibility index (Phi) is 4.75. The number of benzene rings is 2. The second kappa shape index (κ2) is 7.22. The molecule has 4 aromatic rings. The molecular formula is C21H14ClNO4S. The van der Waals surface area contributed by atoms with E-state index in [0.29, 0.717) is 20.8 Å². The molecule has 5 nitrogen and oxygen atoms in total. The van der Waals surface area contributed by atoms with Crippen LogP contribution < -0.4 is 11.2 Å². The van der Waals surface area contributed by atoms with Gasteiger partial charge in [0.25, 0.3) is 5.56 Å². The predicted octanol–water partition coefficient (Wildman–Crippen LogP) is 4.80. The van der Waals surface area contributed by atoms with Gasteiger partial charge in [-0.15, -0.1) is 6.58 Å². The number of nitrogens with zero attached hydrogens (tertiary/aromatic N) is 1. The summed E-state index contributed by atoms with van der Waals surface area (Å²) < 4.78 is 6.98. The molecule has 2 heterocycles. The number of hydrogen-bond donors (Lipinski definition) is 1. The van der Waals surface area contributed by atoms with Crippen molar-refractivity contribution in [3.63, 3.8) is 0 Å². The Morgan fingerprint density at radius 1 is 1.18 bits per heavy atom. The molecule has 0 amide bonds. The lowest BCUT2D eigenvalue weighted by molar-refractivity contribution is 0.446. The molecular weight excluding hydrogens is 398 g/mol. The minimum atomic E-state index is -0.721. The van der Waals surface area contributed by atoms with Gasteiger partial charge in [0.2, 0.25) is 0 Å². The van der Waals surface area contributed by atoms with Gasteiger partial charge in [-0.25, -0.2) is 4.79 Å². The number of pyridine rings is 1. The number of aromatic hydroxyl groups is 1. The van der Waals surface area contributed by atoms with E-state index in [4.69, 9.17) is 16.0 Å². The summed E-state index contributed by atoms with van der Waals surface area (Å²) in [7, 11) is 0. The number of hydrogen-bond acceptors (Lipinski definition) is 5. The number of para-hydroxylation sites is 1. The molecule has 0 saturated carbocycles. The summed E-state index contributed by atoms with van der Waals surface area (Å²) in [6.45, 7) is 3.94. The van der Waals surface area contributed by atoms with Crippen LogP contribution in [0.4, 0.5) is 0 Å². The zero-order chi connectivity index (χ0) is 19.8. The SMILES string of the molecule is C=CCn1c(=O)c2c(O)c(Sc3cccc(Cl)c3)c(=O)oc2c2ccccc21. The van der Waals surface area contributed by atoms with Crippen molar-refractivity contribution in [3.05, 3.63) is 87.0 Å². The molecule has 1 N–H and O–H groups in total. The van der Waals surface area contributed by atoms with Crippen molar-refractivity contribution in [1.82, 2.24) is 4.57 Å². The van der Waals surface area contributed by atoms with Gasteiger partial charge in [-0.2, -0.15) is 0 Å². The van der Waals surface area contributed by atoms with Crippen LogP contribution in [0.15, 0.2) is 85.0 Å². The van der Waals surface area contributed by atoms with Crippen LogP contribution in [0.1, 0.15) is 0 Å². The van der Waals surface area contributed by atoms with Crippen LogP contribution in [0.25, 0.3) is 21.9 Å². The third-order valence-electron chi connectivity index (χ3n) is 4.29. The van der Waals surface area contributed by atoms with Gasteiger partial charge in [0, 0.05) is 21.8 Å². The van der Waals surface area contributed by atoms with E-state index in [1.165, 1.54) is 4.57 Å². The van der Waals surface area contributed by atoms with Crippen LogP contribution in [-0.2, 0) is 6.54 Å². The molecule has 0 radical (unpaired) electrons. The standard InChI is InChI=1S/C21H14ClNO4S/c1-2-10-23-15-9-4-3-8-14(15)18-16(20(23)25)17(24)19(21(26)27-18)28-13-7-5-6-12(22)11-13/h2-9,11,24H,1,10H2. The van der Waals surface area contributed by atoms with Crippen LogP contribution in [0, 0.1) is 0 Å². The Balaban J connectivity index is 2.07. The number of allylic oxidation sites excluding steroid dienone is 1. The summed E-state index contributed by atoms with van der Waals surface area (Å²) in [6.07, 6.45) is 1.59. The monoisotopic (exact) mass is 411 g/mol. The zero-order valence-electron chi connectivity index (χ0n) is 14.5. The van der Waals surface area contributed by atoms with Crippen LogP contribution >= 0.6 is 23.4 Å². The Morgan fingerprint density at radius 2 is 1.96 bits per heavy atom. The third kappa shape index (κ3) is 3.00. The highest BCUT2D eigenvalue weighted by Crippen LogP contribution is 2.37. The zero-order valence-corrected chi connectivity index (χ0v) is 16.1. The lowest BCUT2D eigenvalue weighted by Crippen LogP contribution is -2.21. The fourth-order valence-electron chi connectivity index (χ4n) is 3.09.